The highest BCUT2D eigenvalue weighted by Crippen LogP contribution is 2.38. The molecule has 23 heavy (non-hydrogen) atoms. The fourth-order valence-electron chi connectivity index (χ4n) is 3.54. The van der Waals surface area contributed by atoms with Gasteiger partial charge in [-0.3, -0.25) is 0 Å². The summed E-state index contributed by atoms with van der Waals surface area (Å²) in [4.78, 5) is 0. The zero-order chi connectivity index (χ0) is 16.0. The highest BCUT2D eigenvalue weighted by Gasteiger charge is 2.38. The average molecular weight is 306 g/mol. The molecule has 0 aromatic heterocycles. The van der Waals surface area contributed by atoms with Crippen LogP contribution in [0.4, 0.5) is 0 Å². The van der Waals surface area contributed by atoms with Gasteiger partial charge in [-0.2, -0.15) is 0 Å². The first-order valence-corrected chi connectivity index (χ1v) is 8.68. The number of rotatable bonds is 7. The lowest BCUT2D eigenvalue weighted by Crippen LogP contribution is -2.30. The van der Waals surface area contributed by atoms with Gasteiger partial charge in [0, 0.05) is 0 Å². The van der Waals surface area contributed by atoms with Gasteiger partial charge in [0.1, 0.15) is 0 Å². The van der Waals surface area contributed by atoms with Gasteiger partial charge in [0.05, 0.1) is 11.7 Å². The van der Waals surface area contributed by atoms with E-state index in [0.717, 1.165) is 38.5 Å². The Labute approximate surface area is 140 Å². The fourth-order valence-corrected chi connectivity index (χ4v) is 3.54. The van der Waals surface area contributed by atoms with Crippen LogP contribution in [-0.2, 0) is 17.6 Å². The van der Waals surface area contributed by atoms with Crippen LogP contribution in [0.5, 0.6) is 0 Å². The maximum absolute atomic E-state index is 6.42. The van der Waals surface area contributed by atoms with Crippen molar-refractivity contribution in [2.45, 2.75) is 50.2 Å². The minimum Gasteiger partial charge on any atom is -0.368 e. The molecular formula is C22H26O. The molecule has 1 fully saturated rings. The van der Waals surface area contributed by atoms with Gasteiger partial charge in [0.25, 0.3) is 0 Å². The average Bonchev–Trinajstić information content (AvgIpc) is 3.04. The van der Waals surface area contributed by atoms with Gasteiger partial charge in [0.2, 0.25) is 0 Å². The lowest BCUT2D eigenvalue weighted by Gasteiger charge is -2.30. The van der Waals surface area contributed by atoms with Crippen molar-refractivity contribution in [1.29, 1.82) is 0 Å². The Kier molecular flexibility index (Phi) is 5.30. The highest BCUT2D eigenvalue weighted by atomic mass is 16.5. The van der Waals surface area contributed by atoms with Crippen LogP contribution in [-0.4, -0.2) is 11.7 Å². The molecule has 1 aliphatic heterocycles. The second kappa shape index (κ2) is 7.61. The fraction of sp³-hybridized carbons (Fsp3) is 0.364. The molecule has 3 rings (SSSR count). The van der Waals surface area contributed by atoms with E-state index in [4.69, 9.17) is 4.74 Å². The van der Waals surface area contributed by atoms with Crippen LogP contribution < -0.4 is 0 Å². The zero-order valence-corrected chi connectivity index (χ0v) is 13.8. The molecule has 1 saturated heterocycles. The Balaban J connectivity index is 1.66. The van der Waals surface area contributed by atoms with Crippen molar-refractivity contribution >= 4 is 0 Å². The number of ether oxygens (including phenoxy) is 1. The molecule has 1 aliphatic rings. The summed E-state index contributed by atoms with van der Waals surface area (Å²) >= 11 is 0. The summed E-state index contributed by atoms with van der Waals surface area (Å²) in [6.07, 6.45) is 8.78. The Morgan fingerprint density at radius 1 is 0.913 bits per heavy atom. The maximum atomic E-state index is 6.42. The summed E-state index contributed by atoms with van der Waals surface area (Å²) < 4.78 is 6.42. The van der Waals surface area contributed by atoms with Crippen LogP contribution in [0.15, 0.2) is 73.3 Å². The lowest BCUT2D eigenvalue weighted by atomic mass is 9.86. The minimum atomic E-state index is 0.00450. The molecule has 0 amide bonds. The van der Waals surface area contributed by atoms with E-state index in [-0.39, 0.29) is 11.7 Å². The molecule has 0 unspecified atom stereocenters. The second-order valence-corrected chi connectivity index (χ2v) is 6.58. The van der Waals surface area contributed by atoms with E-state index in [1.165, 1.54) is 11.1 Å². The van der Waals surface area contributed by atoms with Gasteiger partial charge in [0.15, 0.2) is 0 Å². The van der Waals surface area contributed by atoms with Gasteiger partial charge < -0.3 is 4.74 Å². The quantitative estimate of drug-likeness (QED) is 0.626. The molecule has 2 aromatic rings. The molecule has 1 nitrogen and oxygen atoms in total. The SMILES string of the molecule is C=C[C@H]1CCC(CCc2ccccc2)(CCc2ccccc2)O1. The molecule has 1 atom stereocenters. The molecule has 120 valence electrons. The summed E-state index contributed by atoms with van der Waals surface area (Å²) in [7, 11) is 0. The molecule has 1 heterocycles. The molecule has 0 bridgehead atoms. The molecule has 0 saturated carbocycles. The van der Waals surface area contributed by atoms with E-state index >= 15 is 0 Å². The van der Waals surface area contributed by atoms with Gasteiger partial charge in [-0.1, -0.05) is 66.7 Å². The van der Waals surface area contributed by atoms with Crippen molar-refractivity contribution in [3.05, 3.63) is 84.4 Å². The van der Waals surface area contributed by atoms with Crippen molar-refractivity contribution in [1.82, 2.24) is 0 Å². The third-order valence-electron chi connectivity index (χ3n) is 4.97. The van der Waals surface area contributed by atoms with E-state index in [1.807, 2.05) is 6.08 Å². The second-order valence-electron chi connectivity index (χ2n) is 6.58. The van der Waals surface area contributed by atoms with Crippen LogP contribution in [0.2, 0.25) is 0 Å². The van der Waals surface area contributed by atoms with Crippen molar-refractivity contribution in [3.8, 4) is 0 Å². The third-order valence-corrected chi connectivity index (χ3v) is 4.97. The van der Waals surface area contributed by atoms with Crippen molar-refractivity contribution in [2.75, 3.05) is 0 Å². The van der Waals surface area contributed by atoms with Crippen molar-refractivity contribution < 1.29 is 4.74 Å². The number of hydrogen-bond acceptors (Lipinski definition) is 1. The largest absolute Gasteiger partial charge is 0.368 e. The van der Waals surface area contributed by atoms with E-state index in [0.29, 0.717) is 0 Å². The van der Waals surface area contributed by atoms with E-state index in [2.05, 4.69) is 67.2 Å². The molecule has 2 aromatic carbocycles. The Morgan fingerprint density at radius 3 is 1.87 bits per heavy atom. The first-order valence-electron chi connectivity index (χ1n) is 8.68. The monoisotopic (exact) mass is 306 g/mol. The highest BCUT2D eigenvalue weighted by molar-refractivity contribution is 5.17. The molecule has 0 radical (unpaired) electrons. The zero-order valence-electron chi connectivity index (χ0n) is 13.8. The van der Waals surface area contributed by atoms with Crippen molar-refractivity contribution in [2.24, 2.45) is 0 Å². The molecule has 0 spiro atoms. The van der Waals surface area contributed by atoms with Crippen LogP contribution in [0, 0.1) is 0 Å². The molecule has 0 aliphatic carbocycles. The van der Waals surface area contributed by atoms with E-state index in [9.17, 15) is 0 Å². The Morgan fingerprint density at radius 2 is 1.43 bits per heavy atom. The third kappa shape index (κ3) is 4.33. The molecule has 1 heteroatoms. The first-order chi connectivity index (χ1) is 11.3. The predicted octanol–water partition coefficient (Wildman–Crippen LogP) is 5.36. The number of aryl methyl sites for hydroxylation is 2. The number of hydrogen-bond donors (Lipinski definition) is 0. The Bertz CT molecular complexity index is 559. The topological polar surface area (TPSA) is 9.23 Å². The first kappa shape index (κ1) is 16.0. The van der Waals surface area contributed by atoms with Gasteiger partial charge in [-0.25, -0.2) is 0 Å². The van der Waals surface area contributed by atoms with Crippen LogP contribution >= 0.6 is 0 Å². The lowest BCUT2D eigenvalue weighted by molar-refractivity contribution is -0.0349. The maximum Gasteiger partial charge on any atom is 0.0761 e. The van der Waals surface area contributed by atoms with Crippen LogP contribution in [0.1, 0.15) is 36.8 Å². The summed E-state index contributed by atoms with van der Waals surface area (Å²) in [5, 5.41) is 0. The predicted molar refractivity (Wildman–Crippen MR) is 96.6 cm³/mol. The van der Waals surface area contributed by atoms with Crippen LogP contribution in [0.25, 0.3) is 0 Å². The molecule has 0 N–H and O–H groups in total. The minimum absolute atomic E-state index is 0.00450. The summed E-state index contributed by atoms with van der Waals surface area (Å²) in [5.74, 6) is 0. The van der Waals surface area contributed by atoms with Crippen LogP contribution in [0.3, 0.4) is 0 Å². The number of benzene rings is 2. The van der Waals surface area contributed by atoms with Gasteiger partial charge >= 0.3 is 0 Å². The van der Waals surface area contributed by atoms with Gasteiger partial charge in [-0.15, -0.1) is 6.58 Å². The van der Waals surface area contributed by atoms with Crippen molar-refractivity contribution in [3.63, 3.8) is 0 Å². The standard InChI is InChI=1S/C22H26O/c1-2-21-15-18-22(23-21,16-13-19-9-5-3-6-10-19)17-14-20-11-7-4-8-12-20/h2-12,21H,1,13-18H2/t21-/m0/s1. The van der Waals surface area contributed by atoms with E-state index in [1.54, 1.807) is 0 Å². The summed E-state index contributed by atoms with van der Waals surface area (Å²) in [6.45, 7) is 3.92. The summed E-state index contributed by atoms with van der Waals surface area (Å²) in [6, 6.07) is 21.5. The Hall–Kier alpha value is -1.86. The summed E-state index contributed by atoms with van der Waals surface area (Å²) in [5.41, 5.74) is 2.80. The van der Waals surface area contributed by atoms with E-state index < -0.39 is 0 Å². The normalized spacial score (nSPS) is 19.6. The molecular weight excluding hydrogens is 280 g/mol. The smallest absolute Gasteiger partial charge is 0.0761 e. The van der Waals surface area contributed by atoms with Gasteiger partial charge in [-0.05, 0) is 49.7 Å².